The third-order valence-electron chi connectivity index (χ3n) is 3.65. The van der Waals surface area contributed by atoms with Crippen LogP contribution in [0.15, 0.2) is 17.3 Å². The minimum atomic E-state index is -3.52. The molecule has 0 saturated carbocycles. The summed E-state index contributed by atoms with van der Waals surface area (Å²) in [6.07, 6.45) is 3.70. The van der Waals surface area contributed by atoms with E-state index in [2.05, 4.69) is 31.8 Å². The van der Waals surface area contributed by atoms with Crippen LogP contribution in [0.5, 0.6) is 0 Å². The van der Waals surface area contributed by atoms with Crippen molar-refractivity contribution < 1.29 is 8.42 Å². The molecular weight excluding hydrogens is 290 g/mol. The van der Waals surface area contributed by atoms with Crippen LogP contribution in [-0.2, 0) is 10.0 Å². The first-order valence-electron chi connectivity index (χ1n) is 7.33. The highest BCUT2D eigenvalue weighted by molar-refractivity contribution is 7.89. The second-order valence-electron chi connectivity index (χ2n) is 5.17. The van der Waals surface area contributed by atoms with Crippen LogP contribution in [0, 0.1) is 5.92 Å². The largest absolute Gasteiger partial charge is 0.355 e. The van der Waals surface area contributed by atoms with Gasteiger partial charge in [-0.2, -0.15) is 0 Å². The SMILES string of the molecule is CCNc1ncc(S(=O)(=O)NCC2CCN(CC)C2)cn1. The molecule has 0 spiro atoms. The van der Waals surface area contributed by atoms with Crippen LogP contribution in [0.4, 0.5) is 5.95 Å². The molecule has 8 heteroatoms. The van der Waals surface area contributed by atoms with E-state index < -0.39 is 10.0 Å². The van der Waals surface area contributed by atoms with E-state index in [1.165, 1.54) is 12.4 Å². The molecule has 1 saturated heterocycles. The third-order valence-corrected chi connectivity index (χ3v) is 5.03. The molecule has 0 amide bonds. The normalized spacial score (nSPS) is 19.8. The summed E-state index contributed by atoms with van der Waals surface area (Å²) in [7, 11) is -3.52. The van der Waals surface area contributed by atoms with Crippen LogP contribution in [0.2, 0.25) is 0 Å². The summed E-state index contributed by atoms with van der Waals surface area (Å²) < 4.78 is 27.0. The number of aromatic nitrogens is 2. The summed E-state index contributed by atoms with van der Waals surface area (Å²) in [6.45, 7) is 8.22. The van der Waals surface area contributed by atoms with Gasteiger partial charge in [0.25, 0.3) is 0 Å². The fourth-order valence-electron chi connectivity index (χ4n) is 2.38. The highest BCUT2D eigenvalue weighted by atomic mass is 32.2. The number of hydrogen-bond donors (Lipinski definition) is 2. The van der Waals surface area contributed by atoms with Gasteiger partial charge in [0, 0.05) is 19.6 Å². The number of nitrogens with one attached hydrogen (secondary N) is 2. The second kappa shape index (κ2) is 7.15. The molecule has 0 aromatic carbocycles. The van der Waals surface area contributed by atoms with Gasteiger partial charge in [0.05, 0.1) is 12.4 Å². The van der Waals surface area contributed by atoms with Crippen molar-refractivity contribution >= 4 is 16.0 Å². The van der Waals surface area contributed by atoms with E-state index in [9.17, 15) is 8.42 Å². The molecule has 2 N–H and O–H groups in total. The van der Waals surface area contributed by atoms with E-state index in [0.29, 0.717) is 25.0 Å². The second-order valence-corrected chi connectivity index (χ2v) is 6.94. The lowest BCUT2D eigenvalue weighted by molar-refractivity contribution is 0.342. The highest BCUT2D eigenvalue weighted by Gasteiger charge is 2.23. The lowest BCUT2D eigenvalue weighted by Crippen LogP contribution is -2.31. The number of anilines is 1. The quantitative estimate of drug-likeness (QED) is 0.763. The predicted molar refractivity (Wildman–Crippen MR) is 81.6 cm³/mol. The van der Waals surface area contributed by atoms with Crippen molar-refractivity contribution in [3.8, 4) is 0 Å². The number of likely N-dealkylation sites (tertiary alicyclic amines) is 1. The minimum absolute atomic E-state index is 0.106. The molecule has 2 heterocycles. The van der Waals surface area contributed by atoms with E-state index in [1.54, 1.807) is 0 Å². The molecule has 1 aliphatic rings. The smallest absolute Gasteiger partial charge is 0.243 e. The molecule has 1 aromatic rings. The van der Waals surface area contributed by atoms with Crippen LogP contribution >= 0.6 is 0 Å². The predicted octanol–water partition coefficient (Wildman–Crippen LogP) is 0.529. The molecule has 1 unspecified atom stereocenters. The van der Waals surface area contributed by atoms with Gasteiger partial charge >= 0.3 is 0 Å². The molecular formula is C13H23N5O2S. The van der Waals surface area contributed by atoms with Gasteiger partial charge in [0.15, 0.2) is 0 Å². The van der Waals surface area contributed by atoms with Gasteiger partial charge < -0.3 is 10.2 Å². The first kappa shape index (κ1) is 16.1. The van der Waals surface area contributed by atoms with Crippen molar-refractivity contribution in [2.24, 2.45) is 5.92 Å². The Labute approximate surface area is 126 Å². The average Bonchev–Trinajstić information content (AvgIpc) is 2.94. The molecule has 7 nitrogen and oxygen atoms in total. The van der Waals surface area contributed by atoms with Crippen LogP contribution in [0.1, 0.15) is 20.3 Å². The molecule has 1 aromatic heterocycles. The molecule has 21 heavy (non-hydrogen) atoms. The van der Waals surface area contributed by atoms with Gasteiger partial charge in [-0.25, -0.2) is 23.1 Å². The highest BCUT2D eigenvalue weighted by Crippen LogP contribution is 2.16. The van der Waals surface area contributed by atoms with Crippen LogP contribution < -0.4 is 10.0 Å². The Balaban J connectivity index is 1.92. The van der Waals surface area contributed by atoms with Crippen molar-refractivity contribution in [2.75, 3.05) is 38.0 Å². The summed E-state index contributed by atoms with van der Waals surface area (Å²) in [5, 5.41) is 2.93. The Morgan fingerprint density at radius 3 is 2.62 bits per heavy atom. The van der Waals surface area contributed by atoms with E-state index in [1.807, 2.05) is 6.92 Å². The lowest BCUT2D eigenvalue weighted by atomic mass is 10.1. The van der Waals surface area contributed by atoms with Crippen LogP contribution in [0.3, 0.4) is 0 Å². The molecule has 1 aliphatic heterocycles. The summed E-state index contributed by atoms with van der Waals surface area (Å²) >= 11 is 0. The van der Waals surface area contributed by atoms with Crippen molar-refractivity contribution in [3.63, 3.8) is 0 Å². The molecule has 2 rings (SSSR count). The van der Waals surface area contributed by atoms with Gasteiger partial charge in [-0.1, -0.05) is 6.92 Å². The minimum Gasteiger partial charge on any atom is -0.355 e. The van der Waals surface area contributed by atoms with Crippen molar-refractivity contribution in [1.82, 2.24) is 19.6 Å². The summed E-state index contributed by atoms with van der Waals surface area (Å²) in [6, 6.07) is 0. The average molecular weight is 313 g/mol. The van der Waals surface area contributed by atoms with Gasteiger partial charge in [-0.05, 0) is 32.4 Å². The zero-order valence-electron chi connectivity index (χ0n) is 12.5. The molecule has 0 aliphatic carbocycles. The van der Waals surface area contributed by atoms with E-state index in [4.69, 9.17) is 0 Å². The first-order valence-corrected chi connectivity index (χ1v) is 8.81. The summed E-state index contributed by atoms with van der Waals surface area (Å²) in [5.41, 5.74) is 0. The maximum Gasteiger partial charge on any atom is 0.243 e. The van der Waals surface area contributed by atoms with Gasteiger partial charge in [-0.15, -0.1) is 0 Å². The van der Waals surface area contributed by atoms with Crippen molar-refractivity contribution in [3.05, 3.63) is 12.4 Å². The van der Waals surface area contributed by atoms with Gasteiger partial charge in [0.1, 0.15) is 4.90 Å². The van der Waals surface area contributed by atoms with E-state index >= 15 is 0 Å². The number of sulfonamides is 1. The number of rotatable bonds is 7. The fourth-order valence-corrected chi connectivity index (χ4v) is 3.39. The fraction of sp³-hybridized carbons (Fsp3) is 0.692. The van der Waals surface area contributed by atoms with Crippen LogP contribution in [-0.4, -0.2) is 56.0 Å². The van der Waals surface area contributed by atoms with Crippen LogP contribution in [0.25, 0.3) is 0 Å². The maximum atomic E-state index is 12.2. The monoisotopic (exact) mass is 313 g/mol. The molecule has 118 valence electrons. The zero-order chi connectivity index (χ0) is 15.3. The number of hydrogen-bond acceptors (Lipinski definition) is 6. The van der Waals surface area contributed by atoms with E-state index in [-0.39, 0.29) is 4.90 Å². The topological polar surface area (TPSA) is 87.2 Å². The Kier molecular flexibility index (Phi) is 5.49. The third kappa shape index (κ3) is 4.36. The number of nitrogens with zero attached hydrogens (tertiary/aromatic N) is 3. The Morgan fingerprint density at radius 1 is 1.33 bits per heavy atom. The maximum absolute atomic E-state index is 12.2. The summed E-state index contributed by atoms with van der Waals surface area (Å²) in [4.78, 5) is 10.4. The molecule has 0 bridgehead atoms. The summed E-state index contributed by atoms with van der Waals surface area (Å²) in [5.74, 6) is 0.813. The molecule has 1 atom stereocenters. The zero-order valence-corrected chi connectivity index (χ0v) is 13.4. The van der Waals surface area contributed by atoms with Gasteiger partial charge in [0.2, 0.25) is 16.0 Å². The molecule has 0 radical (unpaired) electrons. The Morgan fingerprint density at radius 2 is 2.05 bits per heavy atom. The standard InChI is InChI=1S/C13H23N5O2S/c1-3-14-13-15-8-12(9-16-13)21(19,20)17-7-11-5-6-18(4-2)10-11/h8-9,11,17H,3-7,10H2,1-2H3,(H,14,15,16). The molecule has 1 fully saturated rings. The van der Waals surface area contributed by atoms with Gasteiger partial charge in [-0.3, -0.25) is 0 Å². The first-order chi connectivity index (χ1) is 10.0. The Bertz CT molecular complexity index is 546. The Hall–Kier alpha value is -1.25. The van der Waals surface area contributed by atoms with Crippen molar-refractivity contribution in [2.45, 2.75) is 25.2 Å². The van der Waals surface area contributed by atoms with E-state index in [0.717, 1.165) is 26.1 Å². The van der Waals surface area contributed by atoms with Crippen molar-refractivity contribution in [1.29, 1.82) is 0 Å². The lowest BCUT2D eigenvalue weighted by Gasteiger charge is -2.14.